The number of fused-ring (bicyclic) bond motifs is 2. The zero-order valence-corrected chi connectivity index (χ0v) is 12.5. The molecule has 2 N–H and O–H groups in total. The molecule has 0 saturated carbocycles. The van der Waals surface area contributed by atoms with E-state index in [2.05, 4.69) is 15.2 Å². The second-order valence-corrected chi connectivity index (χ2v) is 5.23. The van der Waals surface area contributed by atoms with Gasteiger partial charge in [-0.25, -0.2) is 0 Å². The number of H-pyrrole nitrogens is 1. The molecule has 0 spiro atoms. The lowest BCUT2D eigenvalue weighted by Gasteiger charge is -2.17. The number of hydrogen-bond donors (Lipinski definition) is 2. The van der Waals surface area contributed by atoms with Crippen LogP contribution >= 0.6 is 0 Å². The number of ether oxygens (including phenoxy) is 2. The highest BCUT2D eigenvalue weighted by Gasteiger charge is 2.18. The van der Waals surface area contributed by atoms with Gasteiger partial charge >= 0.3 is 0 Å². The van der Waals surface area contributed by atoms with E-state index in [0.29, 0.717) is 41.2 Å². The molecule has 1 aliphatic rings. The van der Waals surface area contributed by atoms with Crippen LogP contribution in [0.2, 0.25) is 0 Å². The summed E-state index contributed by atoms with van der Waals surface area (Å²) < 4.78 is 11.0. The maximum Gasteiger partial charge on any atom is 0.295 e. The maximum absolute atomic E-state index is 12.0. The summed E-state index contributed by atoms with van der Waals surface area (Å²) in [6.45, 7) is 0.932. The second kappa shape index (κ2) is 5.69. The molecular weight excluding hydrogens is 310 g/mol. The SMILES string of the molecule is O=C(N=Nc1c(O)[nH]c2cc3c(cc12)OCCO3)c1ccccc1. The number of azo groups is 1. The number of amides is 1. The number of carbonyl (C=O) groups excluding carboxylic acids is 1. The normalized spacial score (nSPS) is 13.5. The first-order valence-electron chi connectivity index (χ1n) is 7.38. The Bertz CT molecular complexity index is 947. The lowest BCUT2D eigenvalue weighted by Crippen LogP contribution is -2.15. The number of nitrogens with zero attached hydrogens (tertiary/aromatic N) is 2. The van der Waals surface area contributed by atoms with Crippen molar-refractivity contribution in [1.82, 2.24) is 4.98 Å². The highest BCUT2D eigenvalue weighted by Crippen LogP contribution is 2.42. The van der Waals surface area contributed by atoms with Crippen LogP contribution in [0.15, 0.2) is 52.7 Å². The average molecular weight is 323 g/mol. The van der Waals surface area contributed by atoms with Gasteiger partial charge in [-0.3, -0.25) is 4.79 Å². The van der Waals surface area contributed by atoms with E-state index in [1.54, 1.807) is 36.4 Å². The predicted octanol–water partition coefficient (Wildman–Crippen LogP) is 3.57. The first-order chi connectivity index (χ1) is 11.7. The minimum Gasteiger partial charge on any atom is -0.493 e. The van der Waals surface area contributed by atoms with Crippen LogP contribution in [0.1, 0.15) is 10.4 Å². The Hall–Kier alpha value is -3.35. The molecule has 0 bridgehead atoms. The first kappa shape index (κ1) is 14.3. The van der Waals surface area contributed by atoms with E-state index in [1.165, 1.54) is 0 Å². The molecule has 0 unspecified atom stereocenters. The minimum atomic E-state index is -0.484. The largest absolute Gasteiger partial charge is 0.493 e. The molecule has 0 aliphatic carbocycles. The average Bonchev–Trinajstić information content (AvgIpc) is 2.92. The number of carbonyl (C=O) groups is 1. The zero-order chi connectivity index (χ0) is 16.5. The summed E-state index contributed by atoms with van der Waals surface area (Å²) in [7, 11) is 0. The van der Waals surface area contributed by atoms with E-state index in [-0.39, 0.29) is 11.6 Å². The lowest BCUT2D eigenvalue weighted by molar-refractivity contribution is 0.0995. The van der Waals surface area contributed by atoms with Gasteiger partial charge in [0.2, 0.25) is 5.88 Å². The summed E-state index contributed by atoms with van der Waals surface area (Å²) in [6, 6.07) is 12.0. The van der Waals surface area contributed by atoms with Crippen LogP contribution in [0.3, 0.4) is 0 Å². The highest BCUT2D eigenvalue weighted by atomic mass is 16.6. The van der Waals surface area contributed by atoms with Crippen molar-refractivity contribution in [2.45, 2.75) is 0 Å². The first-order valence-corrected chi connectivity index (χ1v) is 7.38. The molecule has 7 heteroatoms. The van der Waals surface area contributed by atoms with Gasteiger partial charge in [-0.05, 0) is 18.2 Å². The van der Waals surface area contributed by atoms with Crippen LogP contribution in [-0.4, -0.2) is 29.2 Å². The zero-order valence-electron chi connectivity index (χ0n) is 12.5. The summed E-state index contributed by atoms with van der Waals surface area (Å²) in [5.41, 5.74) is 1.24. The molecule has 2 heterocycles. The van der Waals surface area contributed by atoms with Crippen molar-refractivity contribution < 1.29 is 19.4 Å². The molecule has 7 nitrogen and oxygen atoms in total. The van der Waals surface area contributed by atoms with Crippen LogP contribution in [0.4, 0.5) is 5.69 Å². The smallest absolute Gasteiger partial charge is 0.295 e. The van der Waals surface area contributed by atoms with Crippen molar-refractivity contribution in [1.29, 1.82) is 0 Å². The van der Waals surface area contributed by atoms with E-state index in [4.69, 9.17) is 9.47 Å². The highest BCUT2D eigenvalue weighted by molar-refractivity contribution is 5.98. The van der Waals surface area contributed by atoms with Gasteiger partial charge in [-0.15, -0.1) is 10.2 Å². The number of aromatic amines is 1. The number of nitrogens with one attached hydrogen (secondary N) is 1. The van der Waals surface area contributed by atoms with Gasteiger partial charge in [-0.1, -0.05) is 18.2 Å². The van der Waals surface area contributed by atoms with E-state index in [1.807, 2.05) is 6.07 Å². The summed E-state index contributed by atoms with van der Waals surface area (Å²) >= 11 is 0. The Morgan fingerprint density at radius 1 is 1.08 bits per heavy atom. The van der Waals surface area contributed by atoms with Crippen molar-refractivity contribution >= 4 is 22.5 Å². The van der Waals surface area contributed by atoms with Crippen molar-refractivity contribution in [3.8, 4) is 17.4 Å². The lowest BCUT2D eigenvalue weighted by atomic mass is 10.2. The third-order valence-electron chi connectivity index (χ3n) is 3.68. The quantitative estimate of drug-likeness (QED) is 0.705. The summed E-state index contributed by atoms with van der Waals surface area (Å²) in [5, 5.41) is 18.3. The fourth-order valence-corrected chi connectivity index (χ4v) is 2.54. The fraction of sp³-hybridized carbons (Fsp3) is 0.118. The summed E-state index contributed by atoms with van der Waals surface area (Å²) in [4.78, 5) is 14.8. The fourth-order valence-electron chi connectivity index (χ4n) is 2.54. The number of benzene rings is 2. The van der Waals surface area contributed by atoms with E-state index >= 15 is 0 Å². The third kappa shape index (κ3) is 2.45. The van der Waals surface area contributed by atoms with E-state index in [0.717, 1.165) is 0 Å². The van der Waals surface area contributed by atoms with Gasteiger partial charge in [-0.2, -0.15) is 0 Å². The van der Waals surface area contributed by atoms with E-state index < -0.39 is 5.91 Å². The Morgan fingerprint density at radius 3 is 2.54 bits per heavy atom. The molecule has 1 aromatic heterocycles. The minimum absolute atomic E-state index is 0.169. The second-order valence-electron chi connectivity index (χ2n) is 5.23. The number of aromatic nitrogens is 1. The molecular formula is C17H13N3O4. The molecule has 24 heavy (non-hydrogen) atoms. The van der Waals surface area contributed by atoms with Gasteiger partial charge in [0.1, 0.15) is 13.2 Å². The topological polar surface area (TPSA) is 96.3 Å². The molecule has 0 fully saturated rings. The standard InChI is InChI=1S/C17H13N3O4/c21-16(10-4-2-1-3-5-10)20-19-15-11-8-13-14(24-7-6-23-13)9-12(11)18-17(15)22/h1-5,8-9,18,22H,6-7H2. The summed E-state index contributed by atoms with van der Waals surface area (Å²) in [6.07, 6.45) is 0. The maximum atomic E-state index is 12.0. The van der Waals surface area contributed by atoms with Gasteiger partial charge in [0.15, 0.2) is 17.2 Å². The van der Waals surface area contributed by atoms with Gasteiger partial charge in [0.05, 0.1) is 5.52 Å². The van der Waals surface area contributed by atoms with Crippen LogP contribution in [0, 0.1) is 0 Å². The molecule has 4 rings (SSSR count). The molecule has 2 aromatic carbocycles. The molecule has 0 radical (unpaired) electrons. The third-order valence-corrected chi connectivity index (χ3v) is 3.68. The van der Waals surface area contributed by atoms with Crippen LogP contribution in [-0.2, 0) is 0 Å². The molecule has 1 aliphatic heterocycles. The molecule has 3 aromatic rings. The Labute approximate surface area is 136 Å². The molecule has 1 amide bonds. The Kier molecular flexibility index (Phi) is 3.38. The monoisotopic (exact) mass is 323 g/mol. The van der Waals surface area contributed by atoms with Gasteiger partial charge < -0.3 is 19.6 Å². The number of aromatic hydroxyl groups is 1. The van der Waals surface area contributed by atoms with Crippen molar-refractivity contribution in [2.75, 3.05) is 13.2 Å². The molecule has 0 atom stereocenters. The summed E-state index contributed by atoms with van der Waals surface area (Å²) in [5.74, 6) is 0.510. The Balaban J connectivity index is 1.72. The number of hydrogen-bond acceptors (Lipinski definition) is 5. The molecule has 120 valence electrons. The molecule has 0 saturated heterocycles. The van der Waals surface area contributed by atoms with E-state index in [9.17, 15) is 9.90 Å². The van der Waals surface area contributed by atoms with Gasteiger partial charge in [0.25, 0.3) is 5.91 Å². The van der Waals surface area contributed by atoms with Crippen LogP contribution in [0.25, 0.3) is 10.9 Å². The number of rotatable bonds is 2. The van der Waals surface area contributed by atoms with Crippen molar-refractivity contribution in [3.63, 3.8) is 0 Å². The van der Waals surface area contributed by atoms with Crippen molar-refractivity contribution in [2.24, 2.45) is 10.2 Å². The Morgan fingerprint density at radius 2 is 1.79 bits per heavy atom. The van der Waals surface area contributed by atoms with Crippen LogP contribution < -0.4 is 9.47 Å². The van der Waals surface area contributed by atoms with Crippen molar-refractivity contribution in [3.05, 3.63) is 48.0 Å². The van der Waals surface area contributed by atoms with Crippen LogP contribution in [0.5, 0.6) is 17.4 Å². The predicted molar refractivity (Wildman–Crippen MR) is 86.2 cm³/mol. The van der Waals surface area contributed by atoms with Gasteiger partial charge in [0, 0.05) is 17.0 Å².